The summed E-state index contributed by atoms with van der Waals surface area (Å²) >= 11 is 0. The van der Waals surface area contributed by atoms with Crippen molar-refractivity contribution in [3.63, 3.8) is 0 Å². The van der Waals surface area contributed by atoms with Crippen LogP contribution in [0.4, 0.5) is 4.79 Å². The maximum Gasteiger partial charge on any atom is 0.407 e. The summed E-state index contributed by atoms with van der Waals surface area (Å²) in [5.41, 5.74) is -0.871. The van der Waals surface area contributed by atoms with Crippen molar-refractivity contribution in [1.29, 1.82) is 0 Å². The van der Waals surface area contributed by atoms with Crippen LogP contribution in [0.15, 0.2) is 0 Å². The van der Waals surface area contributed by atoms with Crippen molar-refractivity contribution in [2.24, 2.45) is 5.41 Å². The van der Waals surface area contributed by atoms with E-state index in [1.165, 1.54) is 0 Å². The summed E-state index contributed by atoms with van der Waals surface area (Å²) in [7, 11) is 0. The minimum absolute atomic E-state index is 0.0128. The fourth-order valence-corrected chi connectivity index (χ4v) is 2.01. The molecule has 0 unspecified atom stereocenters. The second-order valence-electron chi connectivity index (χ2n) is 7.13. The molecule has 1 heterocycles. The van der Waals surface area contributed by atoms with Gasteiger partial charge in [0.25, 0.3) is 0 Å². The van der Waals surface area contributed by atoms with Crippen molar-refractivity contribution in [3.05, 3.63) is 0 Å². The quantitative estimate of drug-likeness (QED) is 0.794. The summed E-state index contributed by atoms with van der Waals surface area (Å²) in [5.74, 6) is 0.126. The summed E-state index contributed by atoms with van der Waals surface area (Å²) < 4.78 is 5.21. The predicted octanol–water partition coefficient (Wildman–Crippen LogP) is 2.16. The Labute approximate surface area is 115 Å². The third kappa shape index (κ3) is 5.09. The number of hydrogen-bond donors (Lipinski definition) is 1. The average molecular weight is 270 g/mol. The topological polar surface area (TPSA) is 58.6 Å². The number of carbonyl (C=O) groups is 2. The fraction of sp³-hybridized carbons (Fsp3) is 0.857. The standard InChI is InChI=1S/C14H26N2O3/c1-13(2,3)11(17)16-8-7-10(9-16)15-12(18)19-14(4,5)6/h10H,7-9H2,1-6H3,(H,15,18)/t10-/m1/s1. The summed E-state index contributed by atoms with van der Waals surface area (Å²) in [6.45, 7) is 12.5. The van der Waals surface area contributed by atoms with Crippen LogP contribution in [0.25, 0.3) is 0 Å². The van der Waals surface area contributed by atoms with Gasteiger partial charge in [0.15, 0.2) is 0 Å². The summed E-state index contributed by atoms with van der Waals surface area (Å²) in [4.78, 5) is 25.6. The van der Waals surface area contributed by atoms with E-state index in [1.54, 1.807) is 0 Å². The average Bonchev–Trinajstić information content (AvgIpc) is 2.60. The number of carbonyl (C=O) groups excluding carboxylic acids is 2. The molecule has 5 heteroatoms. The second kappa shape index (κ2) is 5.39. The molecule has 1 aliphatic heterocycles. The lowest BCUT2D eigenvalue weighted by Gasteiger charge is -2.26. The van der Waals surface area contributed by atoms with Crippen LogP contribution < -0.4 is 5.32 Å². The molecule has 0 bridgehead atoms. The highest BCUT2D eigenvalue weighted by Crippen LogP contribution is 2.21. The Morgan fingerprint density at radius 3 is 2.21 bits per heavy atom. The van der Waals surface area contributed by atoms with Crippen LogP contribution in [0.3, 0.4) is 0 Å². The predicted molar refractivity (Wildman–Crippen MR) is 73.8 cm³/mol. The number of ether oxygens (including phenoxy) is 1. The Kier molecular flexibility index (Phi) is 4.48. The number of nitrogens with zero attached hydrogens (tertiary/aromatic N) is 1. The Bertz CT molecular complexity index is 353. The third-order valence-corrected chi connectivity index (χ3v) is 2.84. The van der Waals surface area contributed by atoms with E-state index in [1.807, 2.05) is 46.4 Å². The molecular formula is C14H26N2O3. The zero-order valence-electron chi connectivity index (χ0n) is 12.9. The van der Waals surface area contributed by atoms with Gasteiger partial charge in [-0.25, -0.2) is 4.79 Å². The van der Waals surface area contributed by atoms with Crippen molar-refractivity contribution in [2.45, 2.75) is 59.6 Å². The van der Waals surface area contributed by atoms with Gasteiger partial charge in [0.1, 0.15) is 5.60 Å². The highest BCUT2D eigenvalue weighted by Gasteiger charge is 2.33. The van der Waals surface area contributed by atoms with E-state index in [-0.39, 0.29) is 17.4 Å². The van der Waals surface area contributed by atoms with Crippen LogP contribution >= 0.6 is 0 Å². The van der Waals surface area contributed by atoms with E-state index in [0.29, 0.717) is 13.1 Å². The Morgan fingerprint density at radius 2 is 1.74 bits per heavy atom. The molecule has 0 aromatic carbocycles. The first-order valence-electron chi connectivity index (χ1n) is 6.78. The van der Waals surface area contributed by atoms with Crippen molar-refractivity contribution < 1.29 is 14.3 Å². The van der Waals surface area contributed by atoms with E-state index in [4.69, 9.17) is 4.74 Å². The minimum Gasteiger partial charge on any atom is -0.444 e. The largest absolute Gasteiger partial charge is 0.444 e. The van der Waals surface area contributed by atoms with Gasteiger partial charge < -0.3 is 15.0 Å². The summed E-state index contributed by atoms with van der Waals surface area (Å²) in [6.07, 6.45) is 0.365. The molecule has 19 heavy (non-hydrogen) atoms. The summed E-state index contributed by atoms with van der Waals surface area (Å²) in [6, 6.07) is -0.0128. The number of alkyl carbamates (subject to hydrolysis) is 1. The van der Waals surface area contributed by atoms with Crippen LogP contribution in [-0.4, -0.2) is 41.6 Å². The zero-order chi connectivity index (χ0) is 14.8. The lowest BCUT2D eigenvalue weighted by atomic mass is 9.95. The van der Waals surface area contributed by atoms with Crippen LogP contribution in [0.2, 0.25) is 0 Å². The third-order valence-electron chi connectivity index (χ3n) is 2.84. The number of nitrogens with one attached hydrogen (secondary N) is 1. The maximum atomic E-state index is 12.1. The van der Waals surface area contributed by atoms with Gasteiger partial charge in [0.05, 0.1) is 6.04 Å². The molecule has 1 aliphatic rings. The first-order valence-corrected chi connectivity index (χ1v) is 6.78. The van der Waals surface area contributed by atoms with Crippen molar-refractivity contribution in [3.8, 4) is 0 Å². The number of amides is 2. The molecule has 110 valence electrons. The first-order chi connectivity index (χ1) is 8.49. The molecule has 0 aromatic heterocycles. The van der Waals surface area contributed by atoms with Crippen molar-refractivity contribution in [2.75, 3.05) is 13.1 Å². The van der Waals surface area contributed by atoms with Crippen LogP contribution in [0, 0.1) is 5.41 Å². The minimum atomic E-state index is -0.496. The highest BCUT2D eigenvalue weighted by molar-refractivity contribution is 5.82. The zero-order valence-corrected chi connectivity index (χ0v) is 12.9. The highest BCUT2D eigenvalue weighted by atomic mass is 16.6. The van der Waals surface area contributed by atoms with E-state index in [9.17, 15) is 9.59 Å². The molecule has 2 amide bonds. The number of rotatable bonds is 1. The Morgan fingerprint density at radius 1 is 1.16 bits per heavy atom. The van der Waals surface area contributed by atoms with Crippen LogP contribution in [0.5, 0.6) is 0 Å². The van der Waals surface area contributed by atoms with Gasteiger partial charge in [-0.05, 0) is 27.2 Å². The van der Waals surface area contributed by atoms with Gasteiger partial charge in [0.2, 0.25) is 5.91 Å². The summed E-state index contributed by atoms with van der Waals surface area (Å²) in [5, 5.41) is 2.82. The molecule has 1 rings (SSSR count). The lowest BCUT2D eigenvalue weighted by Crippen LogP contribution is -2.43. The molecule has 0 radical (unpaired) electrons. The fourth-order valence-electron chi connectivity index (χ4n) is 2.01. The molecule has 0 aliphatic carbocycles. The molecule has 1 saturated heterocycles. The molecule has 1 N–H and O–H groups in total. The second-order valence-corrected chi connectivity index (χ2v) is 7.13. The van der Waals surface area contributed by atoms with Crippen molar-refractivity contribution >= 4 is 12.0 Å². The van der Waals surface area contributed by atoms with Gasteiger partial charge in [-0.2, -0.15) is 0 Å². The molecular weight excluding hydrogens is 244 g/mol. The molecule has 5 nitrogen and oxygen atoms in total. The van der Waals surface area contributed by atoms with E-state index < -0.39 is 11.7 Å². The smallest absolute Gasteiger partial charge is 0.407 e. The Hall–Kier alpha value is -1.26. The number of likely N-dealkylation sites (tertiary alicyclic amines) is 1. The van der Waals surface area contributed by atoms with Crippen LogP contribution in [0.1, 0.15) is 48.0 Å². The molecule has 0 saturated carbocycles. The lowest BCUT2D eigenvalue weighted by molar-refractivity contribution is -0.138. The maximum absolute atomic E-state index is 12.1. The normalized spacial score (nSPS) is 20.3. The molecule has 0 aromatic rings. The van der Waals surface area contributed by atoms with Crippen LogP contribution in [-0.2, 0) is 9.53 Å². The van der Waals surface area contributed by atoms with E-state index >= 15 is 0 Å². The molecule has 1 fully saturated rings. The number of hydrogen-bond acceptors (Lipinski definition) is 3. The van der Waals surface area contributed by atoms with Gasteiger partial charge in [-0.1, -0.05) is 20.8 Å². The van der Waals surface area contributed by atoms with Gasteiger partial charge in [-0.3, -0.25) is 4.79 Å². The molecule has 1 atom stereocenters. The van der Waals surface area contributed by atoms with Gasteiger partial charge in [-0.15, -0.1) is 0 Å². The van der Waals surface area contributed by atoms with E-state index in [2.05, 4.69) is 5.32 Å². The van der Waals surface area contributed by atoms with Gasteiger partial charge in [0, 0.05) is 18.5 Å². The van der Waals surface area contributed by atoms with Gasteiger partial charge >= 0.3 is 6.09 Å². The SMILES string of the molecule is CC(C)(C)OC(=O)N[C@@H]1CCN(C(=O)C(C)(C)C)C1. The molecule has 0 spiro atoms. The van der Waals surface area contributed by atoms with Crippen molar-refractivity contribution in [1.82, 2.24) is 10.2 Å². The monoisotopic (exact) mass is 270 g/mol. The Balaban J connectivity index is 2.45. The van der Waals surface area contributed by atoms with E-state index in [0.717, 1.165) is 6.42 Å². The first kappa shape index (κ1) is 15.8.